The topological polar surface area (TPSA) is 76.6 Å². The molecule has 1 aliphatic rings. The summed E-state index contributed by atoms with van der Waals surface area (Å²) in [4.78, 5) is 17.5. The van der Waals surface area contributed by atoms with Crippen LogP contribution in [-0.2, 0) is 34.0 Å². The van der Waals surface area contributed by atoms with Crippen LogP contribution in [0.1, 0.15) is 36.0 Å². The maximum Gasteiger partial charge on any atom is 0.416 e. The van der Waals surface area contributed by atoms with E-state index in [-0.39, 0.29) is 30.3 Å². The second-order valence-electron chi connectivity index (χ2n) is 9.73. The number of ketones is 1. The molecule has 2 heterocycles. The molecule has 1 aromatic heterocycles. The summed E-state index contributed by atoms with van der Waals surface area (Å²) in [6.45, 7) is 0.373. The Morgan fingerprint density at radius 2 is 1.75 bits per heavy atom. The predicted molar refractivity (Wildman–Crippen MR) is 144 cm³/mol. The van der Waals surface area contributed by atoms with Gasteiger partial charge >= 0.3 is 6.18 Å². The maximum absolute atomic E-state index is 13.4. The van der Waals surface area contributed by atoms with Gasteiger partial charge in [-0.15, -0.1) is 0 Å². The molecule has 208 valence electrons. The van der Waals surface area contributed by atoms with Crippen LogP contribution in [0.15, 0.2) is 90.0 Å². The first-order valence-electron chi connectivity index (χ1n) is 12.9. The Labute approximate surface area is 230 Å². The minimum absolute atomic E-state index is 0.0730. The lowest BCUT2D eigenvalue weighted by molar-refractivity contribution is -0.137. The molecular weight excluding hydrogens is 541 g/mol. The van der Waals surface area contributed by atoms with Crippen molar-refractivity contribution >= 4 is 26.7 Å². The molecule has 0 unspecified atom stereocenters. The Morgan fingerprint density at radius 1 is 0.975 bits per heavy atom. The zero-order chi connectivity index (χ0) is 28.3. The molecule has 0 saturated carbocycles. The SMILES string of the molecule is O=C(CCc1cccc(OCc2ccc(C(F)(F)F)cc2)c1)[C@@H]1CCCN1S(=O)(=O)c1cnc2ccccc2c1. The fourth-order valence-corrected chi connectivity index (χ4v) is 6.52. The van der Waals surface area contributed by atoms with Gasteiger partial charge in [0.05, 0.1) is 17.1 Å². The van der Waals surface area contributed by atoms with Gasteiger partial charge in [-0.1, -0.05) is 42.5 Å². The highest BCUT2D eigenvalue weighted by Crippen LogP contribution is 2.30. The van der Waals surface area contributed by atoms with Crippen LogP contribution in [0.2, 0.25) is 0 Å². The van der Waals surface area contributed by atoms with Crippen LogP contribution < -0.4 is 4.74 Å². The molecular formula is C30H27F3N2O4S. The molecule has 0 N–H and O–H groups in total. The summed E-state index contributed by atoms with van der Waals surface area (Å²) in [7, 11) is -3.89. The molecule has 3 aromatic carbocycles. The van der Waals surface area contributed by atoms with Crippen molar-refractivity contribution in [3.05, 3.63) is 102 Å². The monoisotopic (exact) mass is 568 g/mol. The molecule has 40 heavy (non-hydrogen) atoms. The highest BCUT2D eigenvalue weighted by Gasteiger charge is 2.39. The standard InChI is InChI=1S/C30H27F3N2O4S/c31-30(32,33)24-13-10-22(11-14-24)20-39-25-7-3-5-21(17-25)12-15-29(36)28-9-4-16-35(28)40(37,38)26-18-23-6-1-2-8-27(23)34-19-26/h1-3,5-8,10-11,13-14,17-19,28H,4,9,12,15-16,20H2/t28-/m0/s1. The van der Waals surface area contributed by atoms with Crippen LogP contribution in [0, 0.1) is 0 Å². The van der Waals surface area contributed by atoms with Gasteiger partial charge in [0, 0.05) is 24.5 Å². The molecule has 1 saturated heterocycles. The minimum atomic E-state index is -4.39. The van der Waals surface area contributed by atoms with E-state index in [1.54, 1.807) is 30.3 Å². The number of para-hydroxylation sites is 1. The van der Waals surface area contributed by atoms with E-state index in [0.717, 1.165) is 17.7 Å². The number of rotatable bonds is 9. The van der Waals surface area contributed by atoms with E-state index in [2.05, 4.69) is 4.98 Å². The number of alkyl halides is 3. The number of pyridine rings is 1. The summed E-state index contributed by atoms with van der Waals surface area (Å²) in [6, 6.07) is 20.1. The second-order valence-corrected chi connectivity index (χ2v) is 11.6. The number of hydrogen-bond acceptors (Lipinski definition) is 5. The molecule has 0 spiro atoms. The van der Waals surface area contributed by atoms with Gasteiger partial charge < -0.3 is 4.74 Å². The van der Waals surface area contributed by atoms with Gasteiger partial charge in [0.25, 0.3) is 0 Å². The average molecular weight is 569 g/mol. The van der Waals surface area contributed by atoms with Crippen LogP contribution in [0.5, 0.6) is 5.75 Å². The number of aromatic nitrogens is 1. The third-order valence-corrected chi connectivity index (χ3v) is 8.87. The largest absolute Gasteiger partial charge is 0.489 e. The highest BCUT2D eigenvalue weighted by molar-refractivity contribution is 7.89. The number of fused-ring (bicyclic) bond motifs is 1. The molecule has 0 bridgehead atoms. The van der Waals surface area contributed by atoms with Crippen molar-refractivity contribution in [2.24, 2.45) is 0 Å². The van der Waals surface area contributed by atoms with Crippen molar-refractivity contribution in [3.8, 4) is 5.75 Å². The van der Waals surface area contributed by atoms with Gasteiger partial charge in [-0.25, -0.2) is 8.42 Å². The fourth-order valence-electron chi connectivity index (χ4n) is 4.86. The highest BCUT2D eigenvalue weighted by atomic mass is 32.2. The number of ether oxygens (including phenoxy) is 1. The summed E-state index contributed by atoms with van der Waals surface area (Å²) in [5.74, 6) is 0.379. The quantitative estimate of drug-likeness (QED) is 0.241. The number of nitrogens with zero attached hydrogens (tertiary/aromatic N) is 2. The number of sulfonamides is 1. The van der Waals surface area contributed by atoms with Gasteiger partial charge in [-0.05, 0) is 66.8 Å². The number of carbonyl (C=O) groups is 1. The summed E-state index contributed by atoms with van der Waals surface area (Å²) in [5, 5.41) is 0.714. The second kappa shape index (κ2) is 11.4. The van der Waals surface area contributed by atoms with E-state index < -0.39 is 27.8 Å². The summed E-state index contributed by atoms with van der Waals surface area (Å²) >= 11 is 0. The number of benzene rings is 3. The molecule has 4 aromatic rings. The molecule has 0 aliphatic carbocycles. The lowest BCUT2D eigenvalue weighted by Crippen LogP contribution is -2.40. The third kappa shape index (κ3) is 6.18. The molecule has 0 amide bonds. The Morgan fingerprint density at radius 3 is 2.52 bits per heavy atom. The van der Waals surface area contributed by atoms with Crippen molar-refractivity contribution in [1.29, 1.82) is 0 Å². The van der Waals surface area contributed by atoms with Crippen molar-refractivity contribution in [2.45, 2.75) is 49.4 Å². The van der Waals surface area contributed by atoms with E-state index in [0.29, 0.717) is 41.5 Å². The summed E-state index contributed by atoms with van der Waals surface area (Å²) in [5.41, 5.74) is 1.41. The van der Waals surface area contributed by atoms with Crippen molar-refractivity contribution in [1.82, 2.24) is 9.29 Å². The summed E-state index contributed by atoms with van der Waals surface area (Å²) < 4.78 is 72.2. The van der Waals surface area contributed by atoms with E-state index in [4.69, 9.17) is 4.74 Å². The van der Waals surface area contributed by atoms with Gasteiger partial charge in [-0.2, -0.15) is 17.5 Å². The lowest BCUT2D eigenvalue weighted by atomic mass is 10.0. The van der Waals surface area contributed by atoms with E-state index in [9.17, 15) is 26.4 Å². The summed E-state index contributed by atoms with van der Waals surface area (Å²) in [6.07, 6.45) is -1.42. The fraction of sp³-hybridized carbons (Fsp3) is 0.267. The van der Waals surface area contributed by atoms with E-state index in [1.807, 2.05) is 24.3 Å². The minimum Gasteiger partial charge on any atom is -0.489 e. The zero-order valence-corrected chi connectivity index (χ0v) is 22.3. The smallest absolute Gasteiger partial charge is 0.416 e. The normalized spacial score (nSPS) is 16.3. The Balaban J connectivity index is 1.20. The van der Waals surface area contributed by atoms with Crippen molar-refractivity contribution in [2.75, 3.05) is 6.54 Å². The molecule has 6 nitrogen and oxygen atoms in total. The number of Topliss-reactive ketones (excluding diaryl/α,β-unsaturated/α-hetero) is 1. The van der Waals surface area contributed by atoms with Crippen molar-refractivity contribution < 1.29 is 31.1 Å². The first-order chi connectivity index (χ1) is 19.1. The molecule has 1 aliphatic heterocycles. The Kier molecular flexibility index (Phi) is 7.91. The number of aryl methyl sites for hydroxylation is 1. The lowest BCUT2D eigenvalue weighted by Gasteiger charge is -2.23. The average Bonchev–Trinajstić information content (AvgIpc) is 3.46. The van der Waals surface area contributed by atoms with E-state index >= 15 is 0 Å². The van der Waals surface area contributed by atoms with Gasteiger partial charge in [0.1, 0.15) is 17.3 Å². The number of halogens is 3. The molecule has 0 radical (unpaired) electrons. The van der Waals surface area contributed by atoms with Gasteiger partial charge in [0.2, 0.25) is 10.0 Å². The van der Waals surface area contributed by atoms with Gasteiger partial charge in [0.15, 0.2) is 5.78 Å². The first kappa shape index (κ1) is 27.8. The van der Waals surface area contributed by atoms with Crippen LogP contribution in [0.4, 0.5) is 13.2 Å². The Hall–Kier alpha value is -3.76. The van der Waals surface area contributed by atoms with Crippen molar-refractivity contribution in [3.63, 3.8) is 0 Å². The molecule has 10 heteroatoms. The molecule has 5 rings (SSSR count). The van der Waals surface area contributed by atoms with Crippen LogP contribution >= 0.6 is 0 Å². The zero-order valence-electron chi connectivity index (χ0n) is 21.5. The predicted octanol–water partition coefficient (Wildman–Crippen LogP) is 6.19. The van der Waals surface area contributed by atoms with E-state index in [1.165, 1.54) is 22.6 Å². The van der Waals surface area contributed by atoms with Crippen LogP contribution in [-0.4, -0.2) is 36.1 Å². The van der Waals surface area contributed by atoms with Crippen LogP contribution in [0.3, 0.4) is 0 Å². The molecule has 1 fully saturated rings. The van der Waals surface area contributed by atoms with Gasteiger partial charge in [-0.3, -0.25) is 9.78 Å². The maximum atomic E-state index is 13.4. The third-order valence-electron chi connectivity index (χ3n) is 6.99. The number of hydrogen-bond donors (Lipinski definition) is 0. The Bertz CT molecular complexity index is 1620. The number of carbonyl (C=O) groups excluding carboxylic acids is 1. The first-order valence-corrected chi connectivity index (χ1v) is 14.3. The van der Waals surface area contributed by atoms with Crippen LogP contribution in [0.25, 0.3) is 10.9 Å². The molecule has 1 atom stereocenters.